The molecule has 2 rings (SSSR count). The van der Waals surface area contributed by atoms with Gasteiger partial charge in [0, 0.05) is 5.56 Å². The second kappa shape index (κ2) is 8.53. The van der Waals surface area contributed by atoms with Gasteiger partial charge in [0.1, 0.15) is 0 Å². The van der Waals surface area contributed by atoms with Crippen LogP contribution in [0.5, 0.6) is 23.0 Å². The number of hydrogen-bond acceptors (Lipinski definition) is 6. The minimum atomic E-state index is -0.558. The van der Waals surface area contributed by atoms with Gasteiger partial charge in [0.05, 0.1) is 20.4 Å². The summed E-state index contributed by atoms with van der Waals surface area (Å²) in [5, 5.41) is 13.6. The van der Waals surface area contributed by atoms with Gasteiger partial charge in [0.15, 0.2) is 29.7 Å². The Hall–Kier alpha value is -3.29. The number of amides is 1. The van der Waals surface area contributed by atoms with Crippen molar-refractivity contribution in [3.05, 3.63) is 47.8 Å². The number of methoxy groups -OCH3 is 2. The molecule has 2 aromatic carbocycles. The van der Waals surface area contributed by atoms with Crippen LogP contribution in [0.3, 0.4) is 0 Å². The molecule has 0 aromatic heterocycles. The van der Waals surface area contributed by atoms with Crippen LogP contribution in [-0.4, -0.2) is 38.1 Å². The van der Waals surface area contributed by atoms with Gasteiger partial charge >= 0.3 is 0 Å². The van der Waals surface area contributed by atoms with Crippen LogP contribution >= 0.6 is 0 Å². The van der Waals surface area contributed by atoms with Gasteiger partial charge in [-0.1, -0.05) is 12.1 Å². The van der Waals surface area contributed by atoms with Crippen LogP contribution in [0.25, 0.3) is 0 Å². The number of nitrogens with zero attached hydrogens (tertiary/aromatic N) is 1. The molecule has 8 heteroatoms. The number of phenolic OH excluding ortho intramolecular Hbond substituents is 1. The molecule has 0 aliphatic heterocycles. The molecule has 0 unspecified atom stereocenters. The van der Waals surface area contributed by atoms with Crippen molar-refractivity contribution in [2.24, 2.45) is 5.10 Å². The summed E-state index contributed by atoms with van der Waals surface area (Å²) in [7, 11) is 2.80. The highest BCUT2D eigenvalue weighted by Gasteiger charge is 2.10. The standard InChI is InChI=1S/C17H17FN2O5/c1-23-14-7-11(8-15(24-2)17(14)22)9-19-20-16(21)10-25-13-6-4-3-5-12(13)18/h3-9,22H,10H2,1-2H3,(H,20,21)/b19-9+. The summed E-state index contributed by atoms with van der Waals surface area (Å²) in [5.41, 5.74) is 2.78. The minimum Gasteiger partial charge on any atom is -0.502 e. The molecule has 25 heavy (non-hydrogen) atoms. The van der Waals surface area contributed by atoms with E-state index in [0.29, 0.717) is 5.56 Å². The number of halogens is 1. The lowest BCUT2D eigenvalue weighted by Crippen LogP contribution is -2.24. The molecule has 0 heterocycles. The average Bonchev–Trinajstić information content (AvgIpc) is 2.62. The summed E-state index contributed by atoms with van der Waals surface area (Å²) in [6.07, 6.45) is 1.34. The van der Waals surface area contributed by atoms with Crippen LogP contribution in [0.4, 0.5) is 4.39 Å². The fourth-order valence-electron chi connectivity index (χ4n) is 1.90. The molecule has 1 amide bonds. The number of para-hydroxylation sites is 1. The van der Waals surface area contributed by atoms with Gasteiger partial charge in [-0.25, -0.2) is 9.82 Å². The van der Waals surface area contributed by atoms with Gasteiger partial charge < -0.3 is 19.3 Å². The zero-order valence-electron chi connectivity index (χ0n) is 13.7. The minimum absolute atomic E-state index is 0.0189. The van der Waals surface area contributed by atoms with Crippen LogP contribution < -0.4 is 19.6 Å². The summed E-state index contributed by atoms with van der Waals surface area (Å²) in [6.45, 7) is -0.388. The smallest absolute Gasteiger partial charge is 0.277 e. The lowest BCUT2D eigenvalue weighted by molar-refractivity contribution is -0.123. The number of rotatable bonds is 7. The van der Waals surface area contributed by atoms with Gasteiger partial charge in [0.2, 0.25) is 5.75 Å². The fourth-order valence-corrected chi connectivity index (χ4v) is 1.90. The molecule has 132 valence electrons. The highest BCUT2D eigenvalue weighted by atomic mass is 19.1. The largest absolute Gasteiger partial charge is 0.502 e. The molecule has 2 aromatic rings. The zero-order valence-corrected chi connectivity index (χ0v) is 13.7. The lowest BCUT2D eigenvalue weighted by Gasteiger charge is -2.09. The van der Waals surface area contributed by atoms with E-state index < -0.39 is 11.7 Å². The van der Waals surface area contributed by atoms with E-state index >= 15 is 0 Å². The first-order valence-electron chi connectivity index (χ1n) is 7.19. The van der Waals surface area contributed by atoms with Crippen molar-refractivity contribution in [1.82, 2.24) is 5.43 Å². The quantitative estimate of drug-likeness (QED) is 0.591. The predicted molar refractivity (Wildman–Crippen MR) is 88.8 cm³/mol. The summed E-state index contributed by atoms with van der Waals surface area (Å²) < 4.78 is 28.5. The van der Waals surface area contributed by atoms with E-state index in [2.05, 4.69) is 10.5 Å². The Morgan fingerprint density at radius 3 is 2.44 bits per heavy atom. The maximum Gasteiger partial charge on any atom is 0.277 e. The van der Waals surface area contributed by atoms with E-state index in [1.165, 1.54) is 50.8 Å². The van der Waals surface area contributed by atoms with Gasteiger partial charge in [-0.15, -0.1) is 0 Å². The Morgan fingerprint density at radius 1 is 1.20 bits per heavy atom. The van der Waals surface area contributed by atoms with E-state index in [4.69, 9.17) is 14.2 Å². The van der Waals surface area contributed by atoms with Gasteiger partial charge in [-0.05, 0) is 24.3 Å². The Balaban J connectivity index is 1.94. The van der Waals surface area contributed by atoms with Crippen LogP contribution in [0.15, 0.2) is 41.5 Å². The number of nitrogens with one attached hydrogen (secondary N) is 1. The second-order valence-corrected chi connectivity index (χ2v) is 4.79. The van der Waals surface area contributed by atoms with Crippen molar-refractivity contribution < 1.29 is 28.5 Å². The highest BCUT2D eigenvalue weighted by molar-refractivity contribution is 5.84. The molecule has 0 aliphatic carbocycles. The van der Waals surface area contributed by atoms with E-state index in [9.17, 15) is 14.3 Å². The van der Waals surface area contributed by atoms with E-state index in [-0.39, 0.29) is 29.6 Å². The number of phenols is 1. The Bertz CT molecular complexity index is 754. The summed E-state index contributed by atoms with van der Waals surface area (Å²) >= 11 is 0. The maximum absolute atomic E-state index is 13.4. The van der Waals surface area contributed by atoms with Crippen LogP contribution in [0.1, 0.15) is 5.56 Å². The lowest BCUT2D eigenvalue weighted by atomic mass is 10.2. The van der Waals surface area contributed by atoms with Crippen molar-refractivity contribution in [2.45, 2.75) is 0 Å². The third-order valence-electron chi connectivity index (χ3n) is 3.10. The number of hydrogen-bond donors (Lipinski definition) is 2. The molecule has 0 saturated carbocycles. The average molecular weight is 348 g/mol. The second-order valence-electron chi connectivity index (χ2n) is 4.79. The van der Waals surface area contributed by atoms with Gasteiger partial charge in [-0.3, -0.25) is 4.79 Å². The predicted octanol–water partition coefficient (Wildman–Crippen LogP) is 2.08. The molecule has 0 aliphatic rings. The molecule has 0 atom stereocenters. The number of aromatic hydroxyl groups is 1. The normalized spacial score (nSPS) is 10.5. The van der Waals surface area contributed by atoms with Gasteiger partial charge in [0.25, 0.3) is 5.91 Å². The van der Waals surface area contributed by atoms with Crippen LogP contribution in [-0.2, 0) is 4.79 Å². The Kier molecular flexibility index (Phi) is 6.16. The van der Waals surface area contributed by atoms with Crippen LogP contribution in [0.2, 0.25) is 0 Å². The highest BCUT2D eigenvalue weighted by Crippen LogP contribution is 2.36. The number of hydrazone groups is 1. The number of carbonyl (C=O) groups is 1. The first-order valence-corrected chi connectivity index (χ1v) is 7.19. The Morgan fingerprint density at radius 2 is 1.84 bits per heavy atom. The Labute approximate surface area is 143 Å². The molecular formula is C17H17FN2O5. The SMILES string of the molecule is COc1cc(/C=N/NC(=O)COc2ccccc2F)cc(OC)c1O. The summed E-state index contributed by atoms with van der Waals surface area (Å²) in [4.78, 5) is 11.7. The number of benzene rings is 2. The van der Waals surface area contributed by atoms with Crippen LogP contribution in [0, 0.1) is 5.82 Å². The first-order chi connectivity index (χ1) is 12.0. The van der Waals surface area contributed by atoms with Crippen molar-refractivity contribution in [1.29, 1.82) is 0 Å². The van der Waals surface area contributed by atoms with E-state index in [1.54, 1.807) is 6.07 Å². The third-order valence-corrected chi connectivity index (χ3v) is 3.10. The summed E-state index contributed by atoms with van der Waals surface area (Å²) in [5.74, 6) is -0.858. The summed E-state index contributed by atoms with van der Waals surface area (Å²) in [6, 6.07) is 8.80. The molecule has 0 fully saturated rings. The number of ether oxygens (including phenoxy) is 3. The maximum atomic E-state index is 13.4. The van der Waals surface area contributed by atoms with Crippen molar-refractivity contribution in [2.75, 3.05) is 20.8 Å². The molecule has 0 saturated heterocycles. The number of carbonyl (C=O) groups excluding carboxylic acids is 1. The molecule has 2 N–H and O–H groups in total. The van der Waals surface area contributed by atoms with Crippen molar-refractivity contribution in [3.63, 3.8) is 0 Å². The monoisotopic (exact) mass is 348 g/mol. The molecular weight excluding hydrogens is 331 g/mol. The fraction of sp³-hybridized carbons (Fsp3) is 0.176. The first kappa shape index (κ1) is 18.1. The molecule has 0 spiro atoms. The molecule has 7 nitrogen and oxygen atoms in total. The van der Waals surface area contributed by atoms with E-state index in [1.807, 2.05) is 0 Å². The zero-order chi connectivity index (χ0) is 18.2. The topological polar surface area (TPSA) is 89.4 Å². The third kappa shape index (κ3) is 4.84. The van der Waals surface area contributed by atoms with Gasteiger partial charge in [-0.2, -0.15) is 5.10 Å². The van der Waals surface area contributed by atoms with Crippen molar-refractivity contribution in [3.8, 4) is 23.0 Å². The van der Waals surface area contributed by atoms with E-state index in [0.717, 1.165) is 0 Å². The van der Waals surface area contributed by atoms with Crippen molar-refractivity contribution >= 4 is 12.1 Å². The molecule has 0 radical (unpaired) electrons. The molecule has 0 bridgehead atoms.